The molecular formula is C22H20N2O3. The number of carbonyl (C=O) groups is 3. The molecule has 2 aromatic carbocycles. The monoisotopic (exact) mass is 360 g/mol. The number of carbonyl (C=O) groups excluding carboxylic acids is 3. The van der Waals surface area contributed by atoms with E-state index in [4.69, 9.17) is 0 Å². The summed E-state index contributed by atoms with van der Waals surface area (Å²) in [5.74, 6) is -1.04. The minimum absolute atomic E-state index is 0.140. The van der Waals surface area contributed by atoms with E-state index in [9.17, 15) is 14.4 Å². The van der Waals surface area contributed by atoms with Crippen LogP contribution in [0.5, 0.6) is 0 Å². The summed E-state index contributed by atoms with van der Waals surface area (Å²) in [7, 11) is 0. The molecule has 5 heteroatoms. The minimum Gasteiger partial charge on any atom is -0.322 e. The number of hydrogen-bond acceptors (Lipinski definition) is 3. The second kappa shape index (κ2) is 6.83. The van der Waals surface area contributed by atoms with Crippen molar-refractivity contribution in [1.29, 1.82) is 0 Å². The van der Waals surface area contributed by atoms with Crippen LogP contribution in [0.2, 0.25) is 0 Å². The standard InChI is InChI=1S/C22H20N2O3/c1-14-7-12-18-19(13-14)22(27)24(21(18)26)17-10-8-15(9-11-17)20(25)23-16-5-3-2-4-6-16/h2-11,18-19H,12-13H2,1H3,(H,23,25)/t18-,19+/m0/s1. The fourth-order valence-corrected chi connectivity index (χ4v) is 3.78. The van der Waals surface area contributed by atoms with Crippen LogP contribution in [0.1, 0.15) is 30.1 Å². The van der Waals surface area contributed by atoms with Crippen molar-refractivity contribution in [3.05, 3.63) is 71.8 Å². The average Bonchev–Trinajstić information content (AvgIpc) is 2.92. The normalized spacial score (nSPS) is 21.7. The molecule has 5 nitrogen and oxygen atoms in total. The number of nitrogens with one attached hydrogen (secondary N) is 1. The summed E-state index contributed by atoms with van der Waals surface area (Å²) < 4.78 is 0. The number of para-hydroxylation sites is 1. The van der Waals surface area contributed by atoms with Crippen molar-refractivity contribution in [3.63, 3.8) is 0 Å². The lowest BCUT2D eigenvalue weighted by molar-refractivity contribution is -0.122. The zero-order valence-electron chi connectivity index (χ0n) is 15.0. The van der Waals surface area contributed by atoms with Crippen LogP contribution < -0.4 is 10.2 Å². The van der Waals surface area contributed by atoms with Crippen LogP contribution in [0.25, 0.3) is 0 Å². The molecule has 0 spiro atoms. The molecule has 2 aliphatic rings. The Morgan fingerprint density at radius 2 is 1.63 bits per heavy atom. The molecule has 2 atom stereocenters. The number of hydrogen-bond donors (Lipinski definition) is 1. The summed E-state index contributed by atoms with van der Waals surface area (Å²) >= 11 is 0. The first-order valence-corrected chi connectivity index (χ1v) is 9.04. The molecule has 0 saturated carbocycles. The Hall–Kier alpha value is -3.21. The van der Waals surface area contributed by atoms with Gasteiger partial charge in [0.2, 0.25) is 11.8 Å². The highest BCUT2D eigenvalue weighted by Crippen LogP contribution is 2.39. The SMILES string of the molecule is CC1=CC[C@@H]2C(=O)N(c3ccc(C(=O)Nc4ccccc4)cc3)C(=O)[C@@H]2C1. The summed E-state index contributed by atoms with van der Waals surface area (Å²) in [5, 5.41) is 2.82. The van der Waals surface area contributed by atoms with Gasteiger partial charge in [-0.15, -0.1) is 0 Å². The Kier molecular flexibility index (Phi) is 4.36. The van der Waals surface area contributed by atoms with E-state index in [1.807, 2.05) is 43.3 Å². The molecule has 1 aliphatic carbocycles. The van der Waals surface area contributed by atoms with Crippen molar-refractivity contribution >= 4 is 29.1 Å². The highest BCUT2D eigenvalue weighted by atomic mass is 16.2. The van der Waals surface area contributed by atoms with Gasteiger partial charge < -0.3 is 5.32 Å². The molecule has 0 radical (unpaired) electrons. The largest absolute Gasteiger partial charge is 0.322 e. The van der Waals surface area contributed by atoms with Crippen molar-refractivity contribution in [3.8, 4) is 0 Å². The number of fused-ring (bicyclic) bond motifs is 1. The van der Waals surface area contributed by atoms with Gasteiger partial charge in [-0.05, 0) is 56.2 Å². The van der Waals surface area contributed by atoms with Crippen LogP contribution in [0.3, 0.4) is 0 Å². The van der Waals surface area contributed by atoms with Gasteiger partial charge in [0.1, 0.15) is 0 Å². The van der Waals surface area contributed by atoms with Crippen LogP contribution in [-0.4, -0.2) is 17.7 Å². The Bertz CT molecular complexity index is 932. The number of anilines is 2. The number of allylic oxidation sites excluding steroid dienone is 2. The molecule has 1 saturated heterocycles. The zero-order chi connectivity index (χ0) is 19.0. The third-order valence-electron chi connectivity index (χ3n) is 5.24. The lowest BCUT2D eigenvalue weighted by Gasteiger charge is -2.18. The fourth-order valence-electron chi connectivity index (χ4n) is 3.78. The number of imide groups is 1. The van der Waals surface area contributed by atoms with Crippen LogP contribution in [-0.2, 0) is 9.59 Å². The molecule has 1 aliphatic heterocycles. The highest BCUT2D eigenvalue weighted by Gasteiger charge is 2.48. The van der Waals surface area contributed by atoms with Gasteiger partial charge in [0.15, 0.2) is 0 Å². The number of benzene rings is 2. The van der Waals surface area contributed by atoms with Gasteiger partial charge in [0.25, 0.3) is 5.91 Å². The number of nitrogens with zero attached hydrogens (tertiary/aromatic N) is 1. The van der Waals surface area contributed by atoms with E-state index in [0.29, 0.717) is 29.8 Å². The van der Waals surface area contributed by atoms with Gasteiger partial charge in [-0.1, -0.05) is 29.8 Å². The van der Waals surface area contributed by atoms with E-state index in [1.54, 1.807) is 24.3 Å². The van der Waals surface area contributed by atoms with Crippen molar-refractivity contribution < 1.29 is 14.4 Å². The van der Waals surface area contributed by atoms with E-state index in [2.05, 4.69) is 5.32 Å². The molecule has 4 rings (SSSR count). The Labute approximate surface area is 157 Å². The van der Waals surface area contributed by atoms with E-state index in [1.165, 1.54) is 4.90 Å². The molecule has 1 fully saturated rings. The van der Waals surface area contributed by atoms with Crippen molar-refractivity contribution in [2.45, 2.75) is 19.8 Å². The second-order valence-electron chi connectivity index (χ2n) is 7.08. The first-order valence-electron chi connectivity index (χ1n) is 9.04. The Balaban J connectivity index is 1.52. The molecule has 0 unspecified atom stereocenters. The van der Waals surface area contributed by atoms with Gasteiger partial charge in [0, 0.05) is 11.3 Å². The quantitative estimate of drug-likeness (QED) is 0.669. The summed E-state index contributed by atoms with van der Waals surface area (Å²) in [6.45, 7) is 2.00. The van der Waals surface area contributed by atoms with E-state index in [0.717, 1.165) is 5.57 Å². The third kappa shape index (κ3) is 3.16. The van der Waals surface area contributed by atoms with Crippen LogP contribution in [0, 0.1) is 11.8 Å². The van der Waals surface area contributed by atoms with E-state index >= 15 is 0 Å². The predicted molar refractivity (Wildman–Crippen MR) is 103 cm³/mol. The number of amides is 3. The summed E-state index contributed by atoms with van der Waals surface area (Å²) in [4.78, 5) is 39.1. The summed E-state index contributed by atoms with van der Waals surface area (Å²) in [5.41, 5.74) is 2.86. The second-order valence-corrected chi connectivity index (χ2v) is 7.08. The smallest absolute Gasteiger partial charge is 0.255 e. The summed E-state index contributed by atoms with van der Waals surface area (Å²) in [6, 6.07) is 15.8. The highest BCUT2D eigenvalue weighted by molar-refractivity contribution is 6.22. The summed E-state index contributed by atoms with van der Waals surface area (Å²) in [6.07, 6.45) is 3.31. The predicted octanol–water partition coefficient (Wildman–Crippen LogP) is 3.78. The van der Waals surface area contributed by atoms with E-state index in [-0.39, 0.29) is 29.6 Å². The fraction of sp³-hybridized carbons (Fsp3) is 0.227. The van der Waals surface area contributed by atoms with Gasteiger partial charge in [-0.25, -0.2) is 0 Å². The van der Waals surface area contributed by atoms with Crippen LogP contribution in [0.15, 0.2) is 66.2 Å². The van der Waals surface area contributed by atoms with Crippen molar-refractivity contribution in [1.82, 2.24) is 0 Å². The van der Waals surface area contributed by atoms with Crippen LogP contribution in [0.4, 0.5) is 11.4 Å². The zero-order valence-corrected chi connectivity index (χ0v) is 15.0. The first-order chi connectivity index (χ1) is 13.0. The average molecular weight is 360 g/mol. The molecule has 0 aromatic heterocycles. The van der Waals surface area contributed by atoms with Crippen molar-refractivity contribution in [2.75, 3.05) is 10.2 Å². The molecule has 1 heterocycles. The molecule has 3 amide bonds. The Morgan fingerprint density at radius 1 is 0.963 bits per heavy atom. The lowest BCUT2D eigenvalue weighted by atomic mass is 9.82. The number of rotatable bonds is 3. The first kappa shape index (κ1) is 17.2. The molecule has 0 bridgehead atoms. The third-order valence-corrected chi connectivity index (χ3v) is 5.24. The van der Waals surface area contributed by atoms with Gasteiger partial charge >= 0.3 is 0 Å². The molecular weight excluding hydrogens is 340 g/mol. The van der Waals surface area contributed by atoms with Gasteiger partial charge in [-0.3, -0.25) is 19.3 Å². The molecule has 136 valence electrons. The van der Waals surface area contributed by atoms with Gasteiger partial charge in [0.05, 0.1) is 17.5 Å². The maximum absolute atomic E-state index is 12.8. The van der Waals surface area contributed by atoms with Crippen molar-refractivity contribution in [2.24, 2.45) is 11.8 Å². The maximum atomic E-state index is 12.8. The lowest BCUT2D eigenvalue weighted by Crippen LogP contribution is -2.30. The Morgan fingerprint density at radius 3 is 2.33 bits per heavy atom. The molecule has 1 N–H and O–H groups in total. The molecule has 27 heavy (non-hydrogen) atoms. The topological polar surface area (TPSA) is 66.5 Å². The van der Waals surface area contributed by atoms with E-state index < -0.39 is 0 Å². The van der Waals surface area contributed by atoms with Gasteiger partial charge in [-0.2, -0.15) is 0 Å². The maximum Gasteiger partial charge on any atom is 0.255 e. The molecule has 2 aromatic rings. The van der Waals surface area contributed by atoms with Crippen LogP contribution >= 0.6 is 0 Å². The minimum atomic E-state index is -0.262.